The van der Waals surface area contributed by atoms with Gasteiger partial charge in [0.25, 0.3) is 5.69 Å². The summed E-state index contributed by atoms with van der Waals surface area (Å²) in [6, 6.07) is 16.7. The van der Waals surface area contributed by atoms with Crippen LogP contribution in [0.5, 0.6) is 11.5 Å². The minimum absolute atomic E-state index is 0.0231. The third kappa shape index (κ3) is 6.12. The zero-order valence-corrected chi connectivity index (χ0v) is 22.7. The first-order chi connectivity index (χ1) is 18.2. The quantitative estimate of drug-likeness (QED) is 0.286. The average Bonchev–Trinajstić information content (AvgIpc) is 2.93. The number of hydrogen-bond acceptors (Lipinski definition) is 8. The molecule has 12 heteroatoms. The third-order valence-corrected chi connectivity index (χ3v) is 8.57. The lowest BCUT2D eigenvalue weighted by atomic mass is 10.1. The average molecular weight is 561 g/mol. The van der Waals surface area contributed by atoms with Crippen LogP contribution < -0.4 is 19.7 Å². The molecule has 3 aromatic carbocycles. The molecule has 38 heavy (non-hydrogen) atoms. The molecular weight excluding hydrogens is 532 g/mol. The summed E-state index contributed by atoms with van der Waals surface area (Å²) in [5.74, 6) is 1.25. The minimum Gasteiger partial charge on any atom is -0.493 e. The van der Waals surface area contributed by atoms with Crippen molar-refractivity contribution in [3.63, 3.8) is 0 Å². The number of halogens is 1. The van der Waals surface area contributed by atoms with Gasteiger partial charge in [0.15, 0.2) is 11.5 Å². The van der Waals surface area contributed by atoms with Gasteiger partial charge in [0, 0.05) is 49.5 Å². The first-order valence-corrected chi connectivity index (χ1v) is 13.8. The second-order valence-electron chi connectivity index (χ2n) is 8.67. The van der Waals surface area contributed by atoms with Gasteiger partial charge in [-0.15, -0.1) is 0 Å². The van der Waals surface area contributed by atoms with Gasteiger partial charge in [0.05, 0.1) is 24.0 Å². The molecule has 0 saturated carbocycles. The highest BCUT2D eigenvalue weighted by Crippen LogP contribution is 2.31. The van der Waals surface area contributed by atoms with Gasteiger partial charge in [-0.2, -0.15) is 4.31 Å². The molecule has 10 nitrogen and oxygen atoms in total. The molecule has 1 aliphatic rings. The number of sulfonamides is 1. The van der Waals surface area contributed by atoms with Crippen molar-refractivity contribution in [1.82, 2.24) is 4.31 Å². The fourth-order valence-electron chi connectivity index (χ4n) is 4.34. The Morgan fingerprint density at radius 2 is 1.63 bits per heavy atom. The third-order valence-electron chi connectivity index (χ3n) is 6.41. The number of nitro benzene ring substituents is 1. The van der Waals surface area contributed by atoms with Crippen molar-refractivity contribution in [3.05, 3.63) is 81.4 Å². The van der Waals surface area contributed by atoms with Gasteiger partial charge >= 0.3 is 0 Å². The maximum absolute atomic E-state index is 13.0. The van der Waals surface area contributed by atoms with Crippen molar-refractivity contribution in [2.45, 2.75) is 11.3 Å². The van der Waals surface area contributed by atoms with Gasteiger partial charge in [-0.3, -0.25) is 10.1 Å². The Kier molecular flexibility index (Phi) is 8.60. The molecule has 1 N–H and O–H groups in total. The Morgan fingerprint density at radius 1 is 0.947 bits per heavy atom. The van der Waals surface area contributed by atoms with Gasteiger partial charge < -0.3 is 19.7 Å². The van der Waals surface area contributed by atoms with E-state index in [9.17, 15) is 18.5 Å². The van der Waals surface area contributed by atoms with Crippen LogP contribution in [-0.2, 0) is 16.4 Å². The Labute approximate surface area is 226 Å². The predicted octanol–water partition coefficient (Wildman–Crippen LogP) is 4.43. The highest BCUT2D eigenvalue weighted by molar-refractivity contribution is 7.89. The molecule has 1 fully saturated rings. The minimum atomic E-state index is -3.63. The lowest BCUT2D eigenvalue weighted by molar-refractivity contribution is -0.383. The van der Waals surface area contributed by atoms with Gasteiger partial charge in [-0.1, -0.05) is 17.7 Å². The van der Waals surface area contributed by atoms with Gasteiger partial charge in [-0.05, 0) is 60.5 Å². The van der Waals surface area contributed by atoms with Gasteiger partial charge in [-0.25, -0.2) is 8.42 Å². The molecule has 0 atom stereocenters. The molecule has 0 spiro atoms. The van der Waals surface area contributed by atoms with E-state index >= 15 is 0 Å². The monoisotopic (exact) mass is 560 g/mol. The van der Waals surface area contributed by atoms with Crippen LogP contribution in [0.15, 0.2) is 65.6 Å². The van der Waals surface area contributed by atoms with Crippen molar-refractivity contribution >= 4 is 38.7 Å². The molecule has 0 unspecified atom stereocenters. The van der Waals surface area contributed by atoms with Crippen LogP contribution in [0.2, 0.25) is 5.02 Å². The number of rotatable bonds is 10. The van der Waals surface area contributed by atoms with Crippen LogP contribution in [0.25, 0.3) is 0 Å². The molecule has 0 amide bonds. The normalized spacial score (nSPS) is 14.2. The van der Waals surface area contributed by atoms with E-state index in [0.717, 1.165) is 11.3 Å². The maximum Gasteiger partial charge on any atom is 0.292 e. The summed E-state index contributed by atoms with van der Waals surface area (Å²) in [7, 11) is -0.485. The number of nitro groups is 1. The van der Waals surface area contributed by atoms with E-state index in [1.165, 1.54) is 22.5 Å². The molecule has 0 radical (unpaired) electrons. The number of nitrogens with one attached hydrogen (secondary N) is 1. The van der Waals surface area contributed by atoms with E-state index in [0.29, 0.717) is 61.4 Å². The summed E-state index contributed by atoms with van der Waals surface area (Å²) in [5, 5.41) is 15.3. The van der Waals surface area contributed by atoms with E-state index in [1.54, 1.807) is 38.5 Å². The van der Waals surface area contributed by atoms with Crippen molar-refractivity contribution in [2.75, 3.05) is 57.2 Å². The van der Waals surface area contributed by atoms with E-state index in [-0.39, 0.29) is 10.6 Å². The topological polar surface area (TPSA) is 114 Å². The smallest absolute Gasteiger partial charge is 0.292 e. The first kappa shape index (κ1) is 27.5. The highest BCUT2D eigenvalue weighted by atomic mass is 35.5. The SMILES string of the molecule is COc1ccc(CCNc2cc(N3CCN(S(=O)(=O)c4ccc(Cl)cc4)CC3)ccc2[N+](=O)[O-])cc1OC. The molecule has 202 valence electrons. The van der Waals surface area contributed by atoms with Crippen LogP contribution in [0.4, 0.5) is 17.1 Å². The van der Waals surface area contributed by atoms with E-state index in [1.807, 2.05) is 23.1 Å². The summed E-state index contributed by atoms with van der Waals surface area (Å²) in [4.78, 5) is 13.5. The zero-order valence-electron chi connectivity index (χ0n) is 21.1. The lowest BCUT2D eigenvalue weighted by Gasteiger charge is -2.35. The summed E-state index contributed by atoms with van der Waals surface area (Å²) in [6.45, 7) is 1.96. The number of methoxy groups -OCH3 is 2. The molecule has 4 rings (SSSR count). The Balaban J connectivity index is 1.43. The molecule has 1 saturated heterocycles. The molecule has 1 aliphatic heterocycles. The van der Waals surface area contributed by atoms with Crippen LogP contribution in [-0.4, -0.2) is 64.6 Å². The van der Waals surface area contributed by atoms with Crippen LogP contribution in [0.1, 0.15) is 5.56 Å². The van der Waals surface area contributed by atoms with Gasteiger partial charge in [0.2, 0.25) is 10.0 Å². The number of benzene rings is 3. The molecule has 0 aromatic heterocycles. The summed E-state index contributed by atoms with van der Waals surface area (Å²) < 4.78 is 38.0. The fraction of sp³-hybridized carbons (Fsp3) is 0.308. The molecule has 1 heterocycles. The standard InChI is InChI=1S/C26H29ClN4O6S/c1-36-25-10-3-19(17-26(25)37-2)11-12-28-23-18-21(6-9-24(23)31(32)33)29-13-15-30(16-14-29)38(34,35)22-7-4-20(27)5-8-22/h3-10,17-18,28H,11-16H2,1-2H3. The molecule has 0 bridgehead atoms. The second kappa shape index (κ2) is 11.9. The maximum atomic E-state index is 13.0. The van der Waals surface area contributed by atoms with Crippen molar-refractivity contribution in [2.24, 2.45) is 0 Å². The Bertz CT molecular complexity index is 1390. The number of ether oxygens (including phenoxy) is 2. The van der Waals surface area contributed by atoms with Crippen LogP contribution in [0, 0.1) is 10.1 Å². The Hall–Kier alpha value is -3.54. The van der Waals surface area contributed by atoms with Gasteiger partial charge in [0.1, 0.15) is 5.69 Å². The molecular formula is C26H29ClN4O6S. The molecule has 0 aliphatic carbocycles. The van der Waals surface area contributed by atoms with Crippen molar-refractivity contribution < 1.29 is 22.8 Å². The van der Waals surface area contributed by atoms with Crippen molar-refractivity contribution in [3.8, 4) is 11.5 Å². The summed E-state index contributed by atoms with van der Waals surface area (Å²) >= 11 is 5.89. The summed E-state index contributed by atoms with van der Waals surface area (Å²) in [5.41, 5.74) is 2.16. The predicted molar refractivity (Wildman–Crippen MR) is 147 cm³/mol. The number of nitrogens with zero attached hydrogens (tertiary/aromatic N) is 3. The number of anilines is 2. The lowest BCUT2D eigenvalue weighted by Crippen LogP contribution is -2.48. The summed E-state index contributed by atoms with van der Waals surface area (Å²) in [6.07, 6.45) is 0.614. The Morgan fingerprint density at radius 3 is 2.26 bits per heavy atom. The largest absolute Gasteiger partial charge is 0.493 e. The van der Waals surface area contributed by atoms with E-state index in [4.69, 9.17) is 21.1 Å². The van der Waals surface area contributed by atoms with E-state index < -0.39 is 14.9 Å². The van der Waals surface area contributed by atoms with Crippen LogP contribution in [0.3, 0.4) is 0 Å². The first-order valence-electron chi connectivity index (χ1n) is 12.0. The zero-order chi connectivity index (χ0) is 27.3. The van der Waals surface area contributed by atoms with Crippen molar-refractivity contribution in [1.29, 1.82) is 0 Å². The molecule has 3 aromatic rings. The number of hydrogen-bond donors (Lipinski definition) is 1. The second-order valence-corrected chi connectivity index (χ2v) is 11.0. The number of piperazine rings is 1. The fourth-order valence-corrected chi connectivity index (χ4v) is 5.89. The highest BCUT2D eigenvalue weighted by Gasteiger charge is 2.29. The van der Waals surface area contributed by atoms with E-state index in [2.05, 4.69) is 5.32 Å². The van der Waals surface area contributed by atoms with Crippen LogP contribution >= 0.6 is 11.6 Å².